The van der Waals surface area contributed by atoms with E-state index in [-0.39, 0.29) is 17.8 Å². The van der Waals surface area contributed by atoms with E-state index in [1.54, 1.807) is 0 Å². The number of ether oxygens (including phenoxy) is 1. The van der Waals surface area contributed by atoms with Gasteiger partial charge in [0, 0.05) is 11.8 Å². The minimum Gasteiger partial charge on any atom is -0.458 e. The molecule has 1 saturated heterocycles. The van der Waals surface area contributed by atoms with Crippen molar-refractivity contribution in [2.45, 2.75) is 52.7 Å². The molecule has 1 N–H and O–H groups in total. The van der Waals surface area contributed by atoms with E-state index in [9.17, 15) is 9.90 Å². The van der Waals surface area contributed by atoms with E-state index in [2.05, 4.69) is 88.4 Å². The Morgan fingerprint density at radius 1 is 1.10 bits per heavy atom. The Kier molecular flexibility index (Phi) is 5.72. The molecule has 0 radical (unpaired) electrons. The van der Waals surface area contributed by atoms with Gasteiger partial charge in [-0.3, -0.25) is 4.79 Å². The van der Waals surface area contributed by atoms with Crippen molar-refractivity contribution >= 4 is 17.6 Å². The molecule has 1 fully saturated rings. The van der Waals surface area contributed by atoms with Gasteiger partial charge in [0.25, 0.3) is 0 Å². The van der Waals surface area contributed by atoms with E-state index in [1.807, 2.05) is 6.08 Å². The zero-order chi connectivity index (χ0) is 22.2. The summed E-state index contributed by atoms with van der Waals surface area (Å²) in [6.45, 7) is 8.67. The number of carbonyl (C=O) groups excluding carboxylic acids is 1. The lowest BCUT2D eigenvalue weighted by atomic mass is 9.78. The largest absolute Gasteiger partial charge is 0.458 e. The number of aryl methyl sites for hydroxylation is 2. The number of carbonyl (C=O) groups is 1. The van der Waals surface area contributed by atoms with Crippen LogP contribution in [0.25, 0.3) is 11.6 Å². The number of esters is 1. The number of benzene rings is 2. The van der Waals surface area contributed by atoms with E-state index >= 15 is 0 Å². The number of hydrogen-bond donors (Lipinski definition) is 1. The Balaban J connectivity index is 1.92. The van der Waals surface area contributed by atoms with Crippen molar-refractivity contribution in [1.29, 1.82) is 0 Å². The first-order valence-electron chi connectivity index (χ1n) is 10.9. The average molecular weight is 415 g/mol. The SMILES string of the molecule is Cc1cc(C)cc(C2=C(C=CC3CC(O)CC(=O)O3)C(C)(C)C=Cc3ccccc32)c1. The van der Waals surface area contributed by atoms with Crippen LogP contribution in [0.5, 0.6) is 0 Å². The average Bonchev–Trinajstić information content (AvgIpc) is 2.79. The topological polar surface area (TPSA) is 46.5 Å². The lowest BCUT2D eigenvalue weighted by Gasteiger charge is -2.27. The molecule has 160 valence electrons. The molecule has 2 aromatic carbocycles. The lowest BCUT2D eigenvalue weighted by Crippen LogP contribution is -2.31. The molecule has 0 amide bonds. The predicted molar refractivity (Wildman–Crippen MR) is 125 cm³/mol. The Bertz CT molecular complexity index is 1080. The van der Waals surface area contributed by atoms with Gasteiger partial charge in [-0.25, -0.2) is 0 Å². The van der Waals surface area contributed by atoms with Crippen molar-refractivity contribution in [3.8, 4) is 0 Å². The van der Waals surface area contributed by atoms with E-state index in [0.717, 1.165) is 5.57 Å². The number of aliphatic hydroxyl groups excluding tert-OH is 1. The number of rotatable bonds is 3. The molecule has 2 atom stereocenters. The van der Waals surface area contributed by atoms with Crippen LogP contribution in [-0.4, -0.2) is 23.3 Å². The second-order valence-corrected chi connectivity index (χ2v) is 9.29. The fourth-order valence-corrected chi connectivity index (χ4v) is 4.58. The van der Waals surface area contributed by atoms with Crippen LogP contribution in [0.3, 0.4) is 0 Å². The highest BCUT2D eigenvalue weighted by atomic mass is 16.5. The van der Waals surface area contributed by atoms with Gasteiger partial charge in [0.05, 0.1) is 12.5 Å². The second-order valence-electron chi connectivity index (χ2n) is 9.29. The molecule has 0 aromatic heterocycles. The summed E-state index contributed by atoms with van der Waals surface area (Å²) in [5.74, 6) is -0.345. The maximum Gasteiger partial charge on any atom is 0.309 e. The van der Waals surface area contributed by atoms with Gasteiger partial charge in [-0.15, -0.1) is 0 Å². The van der Waals surface area contributed by atoms with Gasteiger partial charge in [-0.2, -0.15) is 0 Å². The van der Waals surface area contributed by atoms with Crippen molar-refractivity contribution < 1.29 is 14.6 Å². The molecule has 0 saturated carbocycles. The number of cyclic esters (lactones) is 1. The van der Waals surface area contributed by atoms with Crippen LogP contribution >= 0.6 is 0 Å². The van der Waals surface area contributed by atoms with Crippen molar-refractivity contribution in [1.82, 2.24) is 0 Å². The maximum absolute atomic E-state index is 11.8. The molecule has 2 aliphatic rings. The van der Waals surface area contributed by atoms with E-state index in [0.29, 0.717) is 6.42 Å². The normalized spacial score (nSPS) is 22.9. The van der Waals surface area contributed by atoms with Gasteiger partial charge in [-0.05, 0) is 47.8 Å². The third kappa shape index (κ3) is 4.57. The van der Waals surface area contributed by atoms with Crippen LogP contribution in [0, 0.1) is 19.3 Å². The maximum atomic E-state index is 11.8. The third-order valence-corrected chi connectivity index (χ3v) is 6.05. The molecule has 1 heterocycles. The lowest BCUT2D eigenvalue weighted by molar-refractivity contribution is -0.156. The minimum absolute atomic E-state index is 0.0719. The standard InChI is InChI=1S/C28H30O3/c1-18-13-19(2)15-21(14-18)27-24-8-6-5-7-20(24)11-12-28(3,4)25(27)10-9-23-16-22(29)17-26(30)31-23/h5-15,22-23,29H,16-17H2,1-4H3. The molecular formula is C28H30O3. The molecule has 3 nitrogen and oxygen atoms in total. The van der Waals surface area contributed by atoms with Gasteiger partial charge in [-0.1, -0.05) is 85.7 Å². The number of aliphatic hydroxyl groups is 1. The van der Waals surface area contributed by atoms with Gasteiger partial charge < -0.3 is 9.84 Å². The highest BCUT2D eigenvalue weighted by Gasteiger charge is 2.29. The van der Waals surface area contributed by atoms with Crippen molar-refractivity contribution in [2.24, 2.45) is 5.41 Å². The summed E-state index contributed by atoms with van der Waals surface area (Å²) in [7, 11) is 0. The zero-order valence-electron chi connectivity index (χ0n) is 18.7. The van der Waals surface area contributed by atoms with Crippen LogP contribution in [0.1, 0.15) is 54.5 Å². The summed E-state index contributed by atoms with van der Waals surface area (Å²) in [5, 5.41) is 10.00. The number of hydrogen-bond acceptors (Lipinski definition) is 3. The highest BCUT2D eigenvalue weighted by Crippen LogP contribution is 2.43. The van der Waals surface area contributed by atoms with Gasteiger partial charge in [0.15, 0.2) is 0 Å². The summed E-state index contributed by atoms with van der Waals surface area (Å²) < 4.78 is 5.47. The number of fused-ring (bicyclic) bond motifs is 1. The third-order valence-electron chi connectivity index (χ3n) is 6.05. The van der Waals surface area contributed by atoms with Crippen LogP contribution in [0.4, 0.5) is 0 Å². The van der Waals surface area contributed by atoms with Gasteiger partial charge in [0.2, 0.25) is 0 Å². The summed E-state index contributed by atoms with van der Waals surface area (Å²) >= 11 is 0. The summed E-state index contributed by atoms with van der Waals surface area (Å²) in [6, 6.07) is 15.1. The van der Waals surface area contributed by atoms with Gasteiger partial charge in [0.1, 0.15) is 6.10 Å². The first kappa shape index (κ1) is 21.3. The predicted octanol–water partition coefficient (Wildman–Crippen LogP) is 5.78. The van der Waals surface area contributed by atoms with Crippen LogP contribution in [0.15, 0.2) is 66.3 Å². The van der Waals surface area contributed by atoms with Crippen LogP contribution in [-0.2, 0) is 9.53 Å². The molecule has 2 unspecified atom stereocenters. The molecule has 2 aromatic rings. The first-order valence-corrected chi connectivity index (χ1v) is 10.9. The molecule has 0 bridgehead atoms. The fourth-order valence-electron chi connectivity index (χ4n) is 4.58. The molecule has 31 heavy (non-hydrogen) atoms. The van der Waals surface area contributed by atoms with E-state index in [4.69, 9.17) is 4.74 Å². The summed E-state index contributed by atoms with van der Waals surface area (Å²) in [5.41, 5.74) is 8.13. The molecular weight excluding hydrogens is 384 g/mol. The molecule has 1 aliphatic carbocycles. The summed E-state index contributed by atoms with van der Waals surface area (Å²) in [6.07, 6.45) is 7.90. The monoisotopic (exact) mass is 414 g/mol. The highest BCUT2D eigenvalue weighted by molar-refractivity contribution is 5.90. The molecule has 0 spiro atoms. The quantitative estimate of drug-likeness (QED) is 0.648. The van der Waals surface area contributed by atoms with E-state index < -0.39 is 12.2 Å². The second kappa shape index (κ2) is 8.32. The van der Waals surface area contributed by atoms with Crippen LogP contribution < -0.4 is 0 Å². The minimum atomic E-state index is -0.647. The Hall–Kier alpha value is -2.91. The van der Waals surface area contributed by atoms with Crippen molar-refractivity contribution in [3.63, 3.8) is 0 Å². The van der Waals surface area contributed by atoms with E-state index in [1.165, 1.54) is 33.4 Å². The Morgan fingerprint density at radius 3 is 2.52 bits per heavy atom. The first-order chi connectivity index (χ1) is 14.7. The summed E-state index contributed by atoms with van der Waals surface area (Å²) in [4.78, 5) is 11.8. The molecule has 1 aliphatic heterocycles. The van der Waals surface area contributed by atoms with Crippen molar-refractivity contribution in [3.05, 3.63) is 94.1 Å². The smallest absolute Gasteiger partial charge is 0.309 e. The van der Waals surface area contributed by atoms with Crippen molar-refractivity contribution in [2.75, 3.05) is 0 Å². The fraction of sp³-hybridized carbons (Fsp3) is 0.321. The molecule has 3 heteroatoms. The zero-order valence-corrected chi connectivity index (χ0v) is 18.7. The number of allylic oxidation sites excluding steroid dienone is 3. The van der Waals surface area contributed by atoms with Crippen LogP contribution in [0.2, 0.25) is 0 Å². The molecule has 4 rings (SSSR count). The van der Waals surface area contributed by atoms with Gasteiger partial charge >= 0.3 is 5.97 Å². The Morgan fingerprint density at radius 2 is 1.81 bits per heavy atom. The Labute approximate surface area is 184 Å².